The van der Waals surface area contributed by atoms with Crippen LogP contribution in [0.3, 0.4) is 0 Å². The van der Waals surface area contributed by atoms with E-state index in [4.69, 9.17) is 4.74 Å². The summed E-state index contributed by atoms with van der Waals surface area (Å²) < 4.78 is 7.30. The topological polar surface area (TPSA) is 52.0 Å². The van der Waals surface area contributed by atoms with E-state index >= 15 is 0 Å². The Bertz CT molecular complexity index is 495. The van der Waals surface area contributed by atoms with Crippen molar-refractivity contribution in [2.24, 2.45) is 7.05 Å². The number of hydrogen-bond acceptors (Lipinski definition) is 4. The highest BCUT2D eigenvalue weighted by Crippen LogP contribution is 2.26. The van der Waals surface area contributed by atoms with Crippen molar-refractivity contribution in [3.05, 3.63) is 42.2 Å². The van der Waals surface area contributed by atoms with Gasteiger partial charge in [-0.3, -0.25) is 4.98 Å². The number of rotatable bonds is 4. The van der Waals surface area contributed by atoms with Crippen molar-refractivity contribution in [3.63, 3.8) is 0 Å². The Morgan fingerprint density at radius 1 is 1.47 bits per heavy atom. The summed E-state index contributed by atoms with van der Waals surface area (Å²) in [5.41, 5.74) is 1.91. The number of nitrogens with zero attached hydrogens (tertiary/aromatic N) is 3. The lowest BCUT2D eigenvalue weighted by Crippen LogP contribution is -2.21. The second-order valence-corrected chi connectivity index (χ2v) is 3.74. The molecule has 0 aliphatic rings. The van der Waals surface area contributed by atoms with E-state index in [0.717, 1.165) is 17.1 Å². The van der Waals surface area contributed by atoms with Crippen molar-refractivity contribution in [2.75, 3.05) is 14.2 Å². The van der Waals surface area contributed by atoms with E-state index in [0.29, 0.717) is 0 Å². The van der Waals surface area contributed by atoms with E-state index in [2.05, 4.69) is 15.3 Å². The summed E-state index contributed by atoms with van der Waals surface area (Å²) in [7, 11) is 5.50. The normalized spacial score (nSPS) is 12.4. The molecule has 5 heteroatoms. The Kier molecular flexibility index (Phi) is 3.39. The van der Waals surface area contributed by atoms with E-state index in [1.165, 1.54) is 0 Å². The van der Waals surface area contributed by atoms with E-state index in [1.807, 2.05) is 37.0 Å². The van der Waals surface area contributed by atoms with Crippen LogP contribution in [0.25, 0.3) is 0 Å². The van der Waals surface area contributed by atoms with Crippen molar-refractivity contribution >= 4 is 0 Å². The summed E-state index contributed by atoms with van der Waals surface area (Å²) in [6.07, 6.45) is 5.36. The van der Waals surface area contributed by atoms with Crippen LogP contribution < -0.4 is 10.1 Å². The van der Waals surface area contributed by atoms with Crippen LogP contribution in [-0.2, 0) is 7.05 Å². The molecule has 0 aliphatic carbocycles. The minimum absolute atomic E-state index is 0.0290. The number of hydrogen-bond donors (Lipinski definition) is 1. The quantitative estimate of drug-likeness (QED) is 0.858. The van der Waals surface area contributed by atoms with Crippen LogP contribution in [0.15, 0.2) is 30.9 Å². The van der Waals surface area contributed by atoms with Gasteiger partial charge in [0.15, 0.2) is 0 Å². The largest absolute Gasteiger partial charge is 0.495 e. The minimum Gasteiger partial charge on any atom is -0.495 e. The van der Waals surface area contributed by atoms with Crippen LogP contribution in [0.2, 0.25) is 0 Å². The highest BCUT2D eigenvalue weighted by atomic mass is 16.5. The molecule has 17 heavy (non-hydrogen) atoms. The maximum Gasteiger partial charge on any atom is 0.142 e. The van der Waals surface area contributed by atoms with E-state index in [9.17, 15) is 0 Å². The molecule has 2 aromatic heterocycles. The molecule has 2 aromatic rings. The molecule has 5 nitrogen and oxygen atoms in total. The van der Waals surface area contributed by atoms with Gasteiger partial charge in [0.25, 0.3) is 0 Å². The van der Waals surface area contributed by atoms with E-state index in [-0.39, 0.29) is 6.04 Å². The average Bonchev–Trinajstić information content (AvgIpc) is 2.78. The highest BCUT2D eigenvalue weighted by molar-refractivity contribution is 5.34. The zero-order valence-corrected chi connectivity index (χ0v) is 10.2. The van der Waals surface area contributed by atoms with Gasteiger partial charge in [0.05, 0.1) is 31.4 Å². The number of nitrogens with one attached hydrogen (secondary N) is 1. The Hall–Kier alpha value is -1.88. The number of aryl methyl sites for hydroxylation is 1. The Morgan fingerprint density at radius 3 is 2.88 bits per heavy atom. The summed E-state index contributed by atoms with van der Waals surface area (Å²) in [5.74, 6) is 0.771. The smallest absolute Gasteiger partial charge is 0.142 e. The standard InChI is InChI=1S/C12H16N4O/c1-13-11(9-7-14-8-16(9)2)12-10(17-3)5-4-6-15-12/h4-8,11,13H,1-3H3. The van der Waals surface area contributed by atoms with Gasteiger partial charge in [-0.25, -0.2) is 4.98 Å². The molecule has 0 saturated carbocycles. The molecule has 1 N–H and O–H groups in total. The first kappa shape index (κ1) is 11.6. The lowest BCUT2D eigenvalue weighted by Gasteiger charge is -2.18. The fourth-order valence-corrected chi connectivity index (χ4v) is 1.86. The molecular weight excluding hydrogens is 216 g/mol. The van der Waals surface area contributed by atoms with Crippen molar-refractivity contribution < 1.29 is 4.74 Å². The van der Waals surface area contributed by atoms with Crippen LogP contribution in [0, 0.1) is 0 Å². The van der Waals surface area contributed by atoms with Crippen molar-refractivity contribution in [3.8, 4) is 5.75 Å². The number of pyridine rings is 1. The average molecular weight is 232 g/mol. The first-order valence-corrected chi connectivity index (χ1v) is 5.40. The summed E-state index contributed by atoms with van der Waals surface area (Å²) in [5, 5.41) is 3.23. The molecule has 1 unspecified atom stereocenters. The predicted octanol–water partition coefficient (Wildman–Crippen LogP) is 1.13. The van der Waals surface area contributed by atoms with Crippen LogP contribution in [-0.4, -0.2) is 28.7 Å². The third-order valence-corrected chi connectivity index (χ3v) is 2.73. The molecule has 0 fully saturated rings. The van der Waals surface area contributed by atoms with Gasteiger partial charge in [-0.05, 0) is 19.2 Å². The molecule has 0 amide bonds. The van der Waals surface area contributed by atoms with Crippen molar-refractivity contribution in [1.82, 2.24) is 19.9 Å². The SMILES string of the molecule is CNC(c1ncccc1OC)c1cncn1C. The summed E-state index contributed by atoms with van der Waals surface area (Å²) in [4.78, 5) is 8.52. The molecule has 90 valence electrons. The highest BCUT2D eigenvalue weighted by Gasteiger charge is 2.20. The van der Waals surface area contributed by atoms with Crippen LogP contribution in [0.4, 0.5) is 0 Å². The molecule has 0 aliphatic heterocycles. The molecule has 2 rings (SSSR count). The number of imidazole rings is 1. The third kappa shape index (κ3) is 2.14. The molecular formula is C12H16N4O. The van der Waals surface area contributed by atoms with Gasteiger partial charge in [0.2, 0.25) is 0 Å². The molecule has 2 heterocycles. The van der Waals surface area contributed by atoms with Gasteiger partial charge in [0, 0.05) is 13.2 Å². The Morgan fingerprint density at radius 2 is 2.29 bits per heavy atom. The maximum absolute atomic E-state index is 5.33. The van der Waals surface area contributed by atoms with Crippen molar-refractivity contribution in [2.45, 2.75) is 6.04 Å². The molecule has 0 bridgehead atoms. The van der Waals surface area contributed by atoms with Crippen LogP contribution >= 0.6 is 0 Å². The van der Waals surface area contributed by atoms with E-state index in [1.54, 1.807) is 19.6 Å². The first-order chi connectivity index (χ1) is 8.27. The van der Waals surface area contributed by atoms with E-state index < -0.39 is 0 Å². The number of methoxy groups -OCH3 is 1. The van der Waals surface area contributed by atoms with Gasteiger partial charge >= 0.3 is 0 Å². The lowest BCUT2D eigenvalue weighted by atomic mass is 10.1. The second-order valence-electron chi connectivity index (χ2n) is 3.74. The molecule has 0 radical (unpaired) electrons. The van der Waals surface area contributed by atoms with Gasteiger partial charge in [-0.2, -0.15) is 0 Å². The predicted molar refractivity (Wildman–Crippen MR) is 64.9 cm³/mol. The monoisotopic (exact) mass is 232 g/mol. The summed E-state index contributed by atoms with van der Waals surface area (Å²) in [6, 6.07) is 3.74. The zero-order chi connectivity index (χ0) is 12.3. The number of ether oxygens (including phenoxy) is 1. The number of aromatic nitrogens is 3. The molecule has 1 atom stereocenters. The molecule has 0 saturated heterocycles. The Labute approximate surface area is 100 Å². The van der Waals surface area contributed by atoms with Gasteiger partial charge < -0.3 is 14.6 Å². The molecule has 0 spiro atoms. The first-order valence-electron chi connectivity index (χ1n) is 5.40. The van der Waals surface area contributed by atoms with Crippen LogP contribution in [0.1, 0.15) is 17.4 Å². The maximum atomic E-state index is 5.33. The van der Waals surface area contributed by atoms with Crippen LogP contribution in [0.5, 0.6) is 5.75 Å². The summed E-state index contributed by atoms with van der Waals surface area (Å²) >= 11 is 0. The van der Waals surface area contributed by atoms with Crippen molar-refractivity contribution in [1.29, 1.82) is 0 Å². The van der Waals surface area contributed by atoms with Gasteiger partial charge in [-0.1, -0.05) is 0 Å². The Balaban J connectivity index is 2.46. The third-order valence-electron chi connectivity index (χ3n) is 2.73. The fraction of sp³-hybridized carbons (Fsp3) is 0.333. The second kappa shape index (κ2) is 4.97. The zero-order valence-electron chi connectivity index (χ0n) is 10.2. The lowest BCUT2D eigenvalue weighted by molar-refractivity contribution is 0.400. The van der Waals surface area contributed by atoms with Gasteiger partial charge in [0.1, 0.15) is 11.4 Å². The summed E-state index contributed by atoms with van der Waals surface area (Å²) in [6.45, 7) is 0. The van der Waals surface area contributed by atoms with Gasteiger partial charge in [-0.15, -0.1) is 0 Å². The fourth-order valence-electron chi connectivity index (χ4n) is 1.86. The molecule has 0 aromatic carbocycles. The minimum atomic E-state index is -0.0290.